The number of benzene rings is 2. The Kier molecular flexibility index (Phi) is 5.81. The van der Waals surface area contributed by atoms with Crippen LogP contribution in [-0.2, 0) is 14.8 Å². The molecule has 8 heteroatoms. The molecule has 1 N–H and O–H groups in total. The molecule has 1 aliphatic heterocycles. The van der Waals surface area contributed by atoms with Gasteiger partial charge < -0.3 is 5.32 Å². The Balaban J connectivity index is 1.77. The van der Waals surface area contributed by atoms with Gasteiger partial charge in [0.1, 0.15) is 6.04 Å². The van der Waals surface area contributed by atoms with E-state index >= 15 is 0 Å². The van der Waals surface area contributed by atoms with Gasteiger partial charge in [-0.25, -0.2) is 17.2 Å². The van der Waals surface area contributed by atoms with Crippen molar-refractivity contribution in [1.82, 2.24) is 9.62 Å². The number of hydrogen-bond acceptors (Lipinski definition) is 3. The SMILES string of the molecule is Cc1ccc(S(=O)(=O)N2CCCC2C(=O)NC(C)c2ccc(F)c(F)c2)cc1. The second kappa shape index (κ2) is 7.97. The third-order valence-electron chi connectivity index (χ3n) is 4.94. The third kappa shape index (κ3) is 4.07. The van der Waals surface area contributed by atoms with Crippen LogP contribution < -0.4 is 5.32 Å². The first kappa shape index (κ1) is 20.4. The van der Waals surface area contributed by atoms with Crippen molar-refractivity contribution in [2.24, 2.45) is 0 Å². The minimum absolute atomic E-state index is 0.145. The van der Waals surface area contributed by atoms with Crippen molar-refractivity contribution >= 4 is 15.9 Å². The smallest absolute Gasteiger partial charge is 0.243 e. The van der Waals surface area contributed by atoms with Gasteiger partial charge in [-0.3, -0.25) is 4.79 Å². The van der Waals surface area contributed by atoms with Crippen molar-refractivity contribution in [2.75, 3.05) is 6.54 Å². The van der Waals surface area contributed by atoms with Crippen molar-refractivity contribution in [3.63, 3.8) is 0 Å². The van der Waals surface area contributed by atoms with Crippen LogP contribution in [0.15, 0.2) is 47.4 Å². The van der Waals surface area contributed by atoms with Crippen LogP contribution in [0.25, 0.3) is 0 Å². The van der Waals surface area contributed by atoms with E-state index in [2.05, 4.69) is 5.32 Å². The van der Waals surface area contributed by atoms with Crippen LogP contribution in [0, 0.1) is 18.6 Å². The Labute approximate surface area is 163 Å². The van der Waals surface area contributed by atoms with E-state index in [-0.39, 0.29) is 11.4 Å². The number of amides is 1. The summed E-state index contributed by atoms with van der Waals surface area (Å²) in [6, 6.07) is 8.47. The van der Waals surface area contributed by atoms with E-state index in [1.807, 2.05) is 6.92 Å². The van der Waals surface area contributed by atoms with Crippen molar-refractivity contribution in [3.8, 4) is 0 Å². The second-order valence-corrected chi connectivity index (χ2v) is 8.88. The zero-order valence-corrected chi connectivity index (χ0v) is 16.5. The maximum Gasteiger partial charge on any atom is 0.243 e. The zero-order chi connectivity index (χ0) is 20.5. The predicted octanol–water partition coefficient (Wildman–Crippen LogP) is 3.30. The molecule has 0 spiro atoms. The number of halogens is 2. The summed E-state index contributed by atoms with van der Waals surface area (Å²) >= 11 is 0. The maximum absolute atomic E-state index is 13.4. The fourth-order valence-corrected chi connectivity index (χ4v) is 4.97. The van der Waals surface area contributed by atoms with Gasteiger partial charge in [-0.2, -0.15) is 4.31 Å². The molecule has 5 nitrogen and oxygen atoms in total. The van der Waals surface area contributed by atoms with Gasteiger partial charge >= 0.3 is 0 Å². The quantitative estimate of drug-likeness (QED) is 0.826. The minimum atomic E-state index is -3.80. The van der Waals surface area contributed by atoms with Crippen molar-refractivity contribution in [3.05, 3.63) is 65.2 Å². The molecule has 1 fully saturated rings. The number of carbonyl (C=O) groups excluding carboxylic acids is 1. The molecule has 1 amide bonds. The number of rotatable bonds is 5. The Morgan fingerprint density at radius 1 is 1.14 bits per heavy atom. The molecular weight excluding hydrogens is 386 g/mol. The highest BCUT2D eigenvalue weighted by Gasteiger charge is 2.39. The molecule has 3 rings (SSSR count). The molecule has 2 aromatic carbocycles. The average molecular weight is 408 g/mol. The summed E-state index contributed by atoms with van der Waals surface area (Å²) in [5.74, 6) is -2.41. The van der Waals surface area contributed by atoms with Crippen LogP contribution in [0.3, 0.4) is 0 Å². The van der Waals surface area contributed by atoms with Crippen LogP contribution in [0.5, 0.6) is 0 Å². The van der Waals surface area contributed by atoms with E-state index < -0.39 is 39.6 Å². The summed E-state index contributed by atoms with van der Waals surface area (Å²) in [5, 5.41) is 2.71. The fraction of sp³-hybridized carbons (Fsp3) is 0.350. The normalized spacial score (nSPS) is 18.8. The molecule has 2 unspecified atom stereocenters. The molecule has 0 radical (unpaired) electrons. The number of carbonyl (C=O) groups is 1. The molecule has 150 valence electrons. The molecule has 1 aliphatic rings. The fourth-order valence-electron chi connectivity index (χ4n) is 3.31. The van der Waals surface area contributed by atoms with Gasteiger partial charge in [-0.15, -0.1) is 0 Å². The molecular formula is C20H22F2N2O3S. The van der Waals surface area contributed by atoms with Gasteiger partial charge in [-0.05, 0) is 56.5 Å². The Morgan fingerprint density at radius 3 is 2.46 bits per heavy atom. The number of sulfonamides is 1. The van der Waals surface area contributed by atoms with Gasteiger partial charge in [-0.1, -0.05) is 23.8 Å². The largest absolute Gasteiger partial charge is 0.348 e. The molecule has 28 heavy (non-hydrogen) atoms. The minimum Gasteiger partial charge on any atom is -0.348 e. The Morgan fingerprint density at radius 2 is 1.82 bits per heavy atom. The Hall–Kier alpha value is -2.32. The van der Waals surface area contributed by atoms with Crippen molar-refractivity contribution in [2.45, 2.75) is 43.7 Å². The highest BCUT2D eigenvalue weighted by Crippen LogP contribution is 2.27. The first-order valence-electron chi connectivity index (χ1n) is 9.04. The lowest BCUT2D eigenvalue weighted by molar-refractivity contribution is -0.124. The molecule has 0 saturated carbocycles. The van der Waals surface area contributed by atoms with Gasteiger partial charge in [0, 0.05) is 6.54 Å². The molecule has 1 heterocycles. The molecule has 1 saturated heterocycles. The van der Waals surface area contributed by atoms with Gasteiger partial charge in [0.15, 0.2) is 11.6 Å². The second-order valence-electron chi connectivity index (χ2n) is 6.99. The number of nitrogens with zero attached hydrogens (tertiary/aromatic N) is 1. The number of nitrogens with one attached hydrogen (secondary N) is 1. The first-order valence-corrected chi connectivity index (χ1v) is 10.5. The topological polar surface area (TPSA) is 66.5 Å². The van der Waals surface area contributed by atoms with E-state index in [1.165, 1.54) is 22.5 Å². The predicted molar refractivity (Wildman–Crippen MR) is 101 cm³/mol. The number of hydrogen-bond donors (Lipinski definition) is 1. The van der Waals surface area contributed by atoms with Crippen LogP contribution >= 0.6 is 0 Å². The molecule has 0 aliphatic carbocycles. The highest BCUT2D eigenvalue weighted by atomic mass is 32.2. The van der Waals surface area contributed by atoms with Gasteiger partial charge in [0.05, 0.1) is 10.9 Å². The summed E-state index contributed by atoms with van der Waals surface area (Å²) in [7, 11) is -3.80. The van der Waals surface area contributed by atoms with Crippen LogP contribution in [0.1, 0.15) is 36.9 Å². The zero-order valence-electron chi connectivity index (χ0n) is 15.7. The molecule has 0 aromatic heterocycles. The third-order valence-corrected chi connectivity index (χ3v) is 6.86. The monoisotopic (exact) mass is 408 g/mol. The Bertz CT molecular complexity index is 977. The van der Waals surface area contributed by atoms with Crippen LogP contribution in [0.4, 0.5) is 8.78 Å². The van der Waals surface area contributed by atoms with E-state index in [1.54, 1.807) is 19.1 Å². The van der Waals surface area contributed by atoms with Crippen LogP contribution in [0.2, 0.25) is 0 Å². The highest BCUT2D eigenvalue weighted by molar-refractivity contribution is 7.89. The van der Waals surface area contributed by atoms with Crippen LogP contribution in [-0.4, -0.2) is 31.2 Å². The average Bonchev–Trinajstić information content (AvgIpc) is 3.15. The van der Waals surface area contributed by atoms with Crippen molar-refractivity contribution < 1.29 is 22.0 Å². The van der Waals surface area contributed by atoms with E-state index in [0.717, 1.165) is 17.7 Å². The molecule has 0 bridgehead atoms. The van der Waals surface area contributed by atoms with Gasteiger partial charge in [0.25, 0.3) is 0 Å². The lowest BCUT2D eigenvalue weighted by Gasteiger charge is -2.25. The summed E-state index contributed by atoms with van der Waals surface area (Å²) < 4.78 is 53.7. The van der Waals surface area contributed by atoms with Gasteiger partial charge in [0.2, 0.25) is 15.9 Å². The van der Waals surface area contributed by atoms with E-state index in [4.69, 9.17) is 0 Å². The summed E-state index contributed by atoms with van der Waals surface area (Å²) in [4.78, 5) is 12.9. The molecule has 2 atom stereocenters. The lowest BCUT2D eigenvalue weighted by Crippen LogP contribution is -2.46. The maximum atomic E-state index is 13.4. The summed E-state index contributed by atoms with van der Waals surface area (Å²) in [5.41, 5.74) is 1.34. The first-order chi connectivity index (χ1) is 13.2. The van der Waals surface area contributed by atoms with E-state index in [9.17, 15) is 22.0 Å². The summed E-state index contributed by atoms with van der Waals surface area (Å²) in [6.07, 6.45) is 0.976. The van der Waals surface area contributed by atoms with Crippen molar-refractivity contribution in [1.29, 1.82) is 0 Å². The molecule has 2 aromatic rings. The lowest BCUT2D eigenvalue weighted by atomic mass is 10.1. The summed E-state index contributed by atoms with van der Waals surface area (Å²) in [6.45, 7) is 3.76. The van der Waals surface area contributed by atoms with E-state index in [0.29, 0.717) is 18.4 Å². The number of aryl methyl sites for hydroxylation is 1. The standard InChI is InChI=1S/C20H22F2N2O3S/c1-13-5-8-16(9-6-13)28(26,27)24-11-3-4-19(24)20(25)23-14(2)15-7-10-17(21)18(22)12-15/h5-10,12,14,19H,3-4,11H2,1-2H3,(H,23,25).